The Labute approximate surface area is 70.3 Å². The maximum atomic E-state index is 5.43. The second-order valence-corrected chi connectivity index (χ2v) is 2.97. The summed E-state index contributed by atoms with van der Waals surface area (Å²) in [6.07, 6.45) is 3.76. The minimum atomic E-state index is 0.483. The average Bonchev–Trinajstić information content (AvgIpc) is 2.04. The topological polar surface area (TPSA) is 21.3 Å². The molecule has 0 spiro atoms. The summed E-state index contributed by atoms with van der Waals surface area (Å²) in [6, 6.07) is 0.483. The summed E-state index contributed by atoms with van der Waals surface area (Å²) in [5.74, 6) is 0. The molecule has 1 atom stereocenters. The Morgan fingerprint density at radius 2 is 2.09 bits per heavy atom. The van der Waals surface area contributed by atoms with Crippen LogP contribution in [0.5, 0.6) is 0 Å². The smallest absolute Gasteiger partial charge is 0.0616 e. The zero-order valence-corrected chi connectivity index (χ0v) is 8.02. The molecule has 68 valence electrons. The zero-order chi connectivity index (χ0) is 8.53. The van der Waals surface area contributed by atoms with Gasteiger partial charge in [0.05, 0.1) is 6.61 Å². The van der Waals surface area contributed by atoms with Crippen molar-refractivity contribution in [3.63, 3.8) is 0 Å². The molecule has 0 fully saturated rings. The van der Waals surface area contributed by atoms with Crippen LogP contribution >= 0.6 is 0 Å². The van der Waals surface area contributed by atoms with Crippen molar-refractivity contribution in [1.29, 1.82) is 0 Å². The summed E-state index contributed by atoms with van der Waals surface area (Å²) in [7, 11) is 1.96. The SMILES string of the molecule is CCCCCOCC(C)NC. The lowest BCUT2D eigenvalue weighted by Gasteiger charge is -2.09. The van der Waals surface area contributed by atoms with Gasteiger partial charge in [0.2, 0.25) is 0 Å². The van der Waals surface area contributed by atoms with Gasteiger partial charge in [-0.2, -0.15) is 0 Å². The summed E-state index contributed by atoms with van der Waals surface area (Å²) in [4.78, 5) is 0. The molecule has 0 aliphatic heterocycles. The van der Waals surface area contributed by atoms with Crippen LogP contribution in [0.25, 0.3) is 0 Å². The van der Waals surface area contributed by atoms with Crippen molar-refractivity contribution in [2.45, 2.75) is 39.2 Å². The van der Waals surface area contributed by atoms with Gasteiger partial charge in [-0.05, 0) is 20.4 Å². The lowest BCUT2D eigenvalue weighted by Crippen LogP contribution is -2.26. The number of rotatable bonds is 7. The van der Waals surface area contributed by atoms with Crippen molar-refractivity contribution in [3.05, 3.63) is 0 Å². The molecule has 0 amide bonds. The number of hydrogen-bond acceptors (Lipinski definition) is 2. The molecular formula is C9H21NO. The predicted octanol–water partition coefficient (Wildman–Crippen LogP) is 1.80. The fraction of sp³-hybridized carbons (Fsp3) is 1.00. The lowest BCUT2D eigenvalue weighted by molar-refractivity contribution is 0.114. The first-order chi connectivity index (χ1) is 5.31. The minimum Gasteiger partial charge on any atom is -0.380 e. The number of ether oxygens (including phenoxy) is 1. The van der Waals surface area contributed by atoms with Crippen molar-refractivity contribution >= 4 is 0 Å². The van der Waals surface area contributed by atoms with Gasteiger partial charge in [0, 0.05) is 12.6 Å². The van der Waals surface area contributed by atoms with Crippen LogP contribution in [-0.2, 0) is 4.74 Å². The Hall–Kier alpha value is -0.0800. The molecule has 0 rings (SSSR count). The second kappa shape index (κ2) is 8.02. The summed E-state index contributed by atoms with van der Waals surface area (Å²) in [5.41, 5.74) is 0. The molecule has 11 heavy (non-hydrogen) atoms. The van der Waals surface area contributed by atoms with Crippen LogP contribution in [0.4, 0.5) is 0 Å². The highest BCUT2D eigenvalue weighted by atomic mass is 16.5. The van der Waals surface area contributed by atoms with Crippen molar-refractivity contribution in [2.75, 3.05) is 20.3 Å². The highest BCUT2D eigenvalue weighted by molar-refractivity contribution is 4.53. The number of nitrogens with one attached hydrogen (secondary N) is 1. The first-order valence-corrected chi connectivity index (χ1v) is 4.56. The third kappa shape index (κ3) is 7.82. The Morgan fingerprint density at radius 3 is 2.64 bits per heavy atom. The largest absolute Gasteiger partial charge is 0.380 e. The zero-order valence-electron chi connectivity index (χ0n) is 8.02. The molecule has 0 aromatic carbocycles. The number of hydrogen-bond donors (Lipinski definition) is 1. The monoisotopic (exact) mass is 159 g/mol. The number of likely N-dealkylation sites (N-methyl/N-ethyl adjacent to an activating group) is 1. The van der Waals surface area contributed by atoms with Crippen LogP contribution in [-0.4, -0.2) is 26.3 Å². The Morgan fingerprint density at radius 1 is 1.36 bits per heavy atom. The van der Waals surface area contributed by atoms with Gasteiger partial charge in [-0.3, -0.25) is 0 Å². The molecule has 0 aliphatic rings. The molecule has 1 N–H and O–H groups in total. The van der Waals surface area contributed by atoms with Crippen LogP contribution in [0.15, 0.2) is 0 Å². The summed E-state index contributed by atoms with van der Waals surface area (Å²) in [5, 5.41) is 3.13. The van der Waals surface area contributed by atoms with E-state index in [1.807, 2.05) is 7.05 Å². The van der Waals surface area contributed by atoms with Gasteiger partial charge in [0.25, 0.3) is 0 Å². The Balaban J connectivity index is 2.89. The van der Waals surface area contributed by atoms with Gasteiger partial charge in [-0.15, -0.1) is 0 Å². The van der Waals surface area contributed by atoms with Crippen molar-refractivity contribution in [3.8, 4) is 0 Å². The maximum absolute atomic E-state index is 5.43. The Kier molecular flexibility index (Phi) is 7.96. The van der Waals surface area contributed by atoms with E-state index in [-0.39, 0.29) is 0 Å². The first-order valence-electron chi connectivity index (χ1n) is 4.56. The first kappa shape index (κ1) is 10.9. The Bertz CT molecular complexity index is 76.0. The standard InChI is InChI=1S/C9H21NO/c1-4-5-6-7-11-8-9(2)10-3/h9-10H,4-8H2,1-3H3. The maximum Gasteiger partial charge on any atom is 0.0616 e. The minimum absolute atomic E-state index is 0.483. The normalized spacial score (nSPS) is 13.4. The van der Waals surface area contributed by atoms with Gasteiger partial charge < -0.3 is 10.1 Å². The van der Waals surface area contributed by atoms with E-state index in [1.165, 1.54) is 19.3 Å². The molecule has 0 heterocycles. The molecule has 0 bridgehead atoms. The molecule has 1 unspecified atom stereocenters. The van der Waals surface area contributed by atoms with Gasteiger partial charge in [0.1, 0.15) is 0 Å². The summed E-state index contributed by atoms with van der Waals surface area (Å²) < 4.78 is 5.43. The van der Waals surface area contributed by atoms with E-state index >= 15 is 0 Å². The van der Waals surface area contributed by atoms with Gasteiger partial charge in [0.15, 0.2) is 0 Å². The van der Waals surface area contributed by atoms with Crippen molar-refractivity contribution in [1.82, 2.24) is 5.32 Å². The predicted molar refractivity (Wildman–Crippen MR) is 48.9 cm³/mol. The molecule has 2 heteroatoms. The average molecular weight is 159 g/mol. The molecule has 0 aliphatic carbocycles. The van der Waals surface area contributed by atoms with Gasteiger partial charge in [-0.1, -0.05) is 19.8 Å². The molecule has 0 saturated carbocycles. The van der Waals surface area contributed by atoms with E-state index in [0.717, 1.165) is 13.2 Å². The molecule has 0 saturated heterocycles. The van der Waals surface area contributed by atoms with Crippen molar-refractivity contribution < 1.29 is 4.74 Å². The highest BCUT2D eigenvalue weighted by Crippen LogP contribution is 1.94. The fourth-order valence-corrected chi connectivity index (χ4v) is 0.798. The molecular weight excluding hydrogens is 138 g/mol. The summed E-state index contributed by atoms with van der Waals surface area (Å²) in [6.45, 7) is 6.08. The fourth-order valence-electron chi connectivity index (χ4n) is 0.798. The van der Waals surface area contributed by atoms with Gasteiger partial charge >= 0.3 is 0 Å². The van der Waals surface area contributed by atoms with Crippen LogP contribution in [0.2, 0.25) is 0 Å². The van der Waals surface area contributed by atoms with Crippen LogP contribution in [0, 0.1) is 0 Å². The molecule has 0 radical (unpaired) electrons. The van der Waals surface area contributed by atoms with E-state index in [9.17, 15) is 0 Å². The van der Waals surface area contributed by atoms with Gasteiger partial charge in [-0.25, -0.2) is 0 Å². The van der Waals surface area contributed by atoms with Crippen LogP contribution in [0.3, 0.4) is 0 Å². The second-order valence-electron chi connectivity index (χ2n) is 2.97. The third-order valence-corrected chi connectivity index (χ3v) is 1.75. The number of unbranched alkanes of at least 4 members (excludes halogenated alkanes) is 2. The van der Waals surface area contributed by atoms with Crippen molar-refractivity contribution in [2.24, 2.45) is 0 Å². The van der Waals surface area contributed by atoms with E-state index in [0.29, 0.717) is 6.04 Å². The third-order valence-electron chi connectivity index (χ3n) is 1.75. The van der Waals surface area contributed by atoms with Crippen LogP contribution < -0.4 is 5.32 Å². The van der Waals surface area contributed by atoms with E-state index < -0.39 is 0 Å². The lowest BCUT2D eigenvalue weighted by atomic mass is 10.3. The molecule has 0 aromatic rings. The van der Waals surface area contributed by atoms with E-state index in [4.69, 9.17) is 4.74 Å². The molecule has 2 nitrogen and oxygen atoms in total. The quantitative estimate of drug-likeness (QED) is 0.572. The summed E-state index contributed by atoms with van der Waals surface area (Å²) >= 11 is 0. The van der Waals surface area contributed by atoms with E-state index in [2.05, 4.69) is 19.2 Å². The highest BCUT2D eigenvalue weighted by Gasteiger charge is 1.95. The molecule has 0 aromatic heterocycles. The van der Waals surface area contributed by atoms with E-state index in [1.54, 1.807) is 0 Å². The van der Waals surface area contributed by atoms with Crippen LogP contribution in [0.1, 0.15) is 33.1 Å².